The number of benzene rings is 1. The second-order valence-electron chi connectivity index (χ2n) is 8.10. The summed E-state index contributed by atoms with van der Waals surface area (Å²) in [5.41, 5.74) is 4.07. The van der Waals surface area contributed by atoms with Crippen LogP contribution in [0.15, 0.2) is 18.2 Å². The lowest BCUT2D eigenvalue weighted by molar-refractivity contribution is -0.116. The molecule has 0 radical (unpaired) electrons. The van der Waals surface area contributed by atoms with E-state index in [2.05, 4.69) is 29.6 Å². The lowest BCUT2D eigenvalue weighted by Crippen LogP contribution is -2.30. The highest BCUT2D eigenvalue weighted by molar-refractivity contribution is 6.33. The number of amides is 2. The van der Waals surface area contributed by atoms with Gasteiger partial charge in [-0.1, -0.05) is 25.4 Å². The molecule has 2 amide bonds. The molecule has 0 unspecified atom stereocenters. The van der Waals surface area contributed by atoms with E-state index in [9.17, 15) is 9.59 Å². The number of rotatable bonds is 8. The molecule has 0 spiro atoms. The molecule has 1 aromatic carbocycles. The van der Waals surface area contributed by atoms with Crippen molar-refractivity contribution in [1.82, 2.24) is 15.1 Å². The second-order valence-corrected chi connectivity index (χ2v) is 8.50. The van der Waals surface area contributed by atoms with Gasteiger partial charge in [0.15, 0.2) is 0 Å². The maximum atomic E-state index is 12.5. The van der Waals surface area contributed by atoms with Gasteiger partial charge in [0.25, 0.3) is 5.91 Å². The fourth-order valence-corrected chi connectivity index (χ4v) is 3.34. The Hall–Kier alpha value is -2.34. The highest BCUT2D eigenvalue weighted by Crippen LogP contribution is 2.24. The molecule has 0 aliphatic rings. The Labute approximate surface area is 178 Å². The van der Waals surface area contributed by atoms with Crippen LogP contribution in [0.5, 0.6) is 0 Å². The van der Waals surface area contributed by atoms with Gasteiger partial charge < -0.3 is 10.6 Å². The first-order valence-electron chi connectivity index (χ1n) is 10.0. The first kappa shape index (κ1) is 22.9. The normalized spacial score (nSPS) is 11.2. The lowest BCUT2D eigenvalue weighted by atomic mass is 10.1. The summed E-state index contributed by atoms with van der Waals surface area (Å²) >= 11 is 6.21. The molecule has 0 aliphatic carbocycles. The van der Waals surface area contributed by atoms with E-state index in [1.165, 1.54) is 0 Å². The first-order valence-corrected chi connectivity index (χ1v) is 10.4. The van der Waals surface area contributed by atoms with Crippen molar-refractivity contribution in [1.29, 1.82) is 0 Å². The van der Waals surface area contributed by atoms with Crippen molar-refractivity contribution in [2.45, 2.75) is 67.0 Å². The molecule has 1 aromatic heterocycles. The van der Waals surface area contributed by atoms with Gasteiger partial charge in [-0.25, -0.2) is 0 Å². The van der Waals surface area contributed by atoms with E-state index in [0.29, 0.717) is 35.0 Å². The summed E-state index contributed by atoms with van der Waals surface area (Å²) in [5.74, 6) is 0.158. The van der Waals surface area contributed by atoms with Gasteiger partial charge in [0, 0.05) is 30.3 Å². The van der Waals surface area contributed by atoms with Crippen LogP contribution >= 0.6 is 11.6 Å². The van der Waals surface area contributed by atoms with Crippen LogP contribution < -0.4 is 10.6 Å². The fraction of sp³-hybridized carbons (Fsp3) is 0.500. The molecule has 0 saturated heterocycles. The fourth-order valence-electron chi connectivity index (χ4n) is 3.18. The molecule has 6 nitrogen and oxygen atoms in total. The number of anilines is 1. The predicted octanol–water partition coefficient (Wildman–Crippen LogP) is 4.52. The molecule has 0 aliphatic heterocycles. The summed E-state index contributed by atoms with van der Waals surface area (Å²) < 4.78 is 2.01. The van der Waals surface area contributed by atoms with Gasteiger partial charge in [0.2, 0.25) is 5.91 Å². The molecule has 0 fully saturated rings. The van der Waals surface area contributed by atoms with E-state index in [4.69, 9.17) is 11.6 Å². The largest absolute Gasteiger partial charge is 0.350 e. The molecule has 29 heavy (non-hydrogen) atoms. The quantitative estimate of drug-likeness (QED) is 0.661. The van der Waals surface area contributed by atoms with Crippen molar-refractivity contribution >= 4 is 29.1 Å². The summed E-state index contributed by atoms with van der Waals surface area (Å²) in [7, 11) is 0. The number of hydrogen-bond acceptors (Lipinski definition) is 3. The minimum absolute atomic E-state index is 0.0271. The number of nitrogens with one attached hydrogen (secondary N) is 2. The minimum Gasteiger partial charge on any atom is -0.350 e. The predicted molar refractivity (Wildman–Crippen MR) is 118 cm³/mol. The van der Waals surface area contributed by atoms with E-state index in [1.54, 1.807) is 18.2 Å². The van der Waals surface area contributed by atoms with Gasteiger partial charge in [-0.2, -0.15) is 5.10 Å². The molecule has 1 heterocycles. The SMILES string of the molecule is Cc1nn(CC(C)C)c(C)c1CCC(=O)Nc1cc(C(=O)NC(C)C)ccc1Cl. The van der Waals surface area contributed by atoms with Crippen LogP contribution in [0.3, 0.4) is 0 Å². The number of nitrogens with zero attached hydrogens (tertiary/aromatic N) is 2. The van der Waals surface area contributed by atoms with E-state index >= 15 is 0 Å². The summed E-state index contributed by atoms with van der Waals surface area (Å²) in [6, 6.07) is 4.90. The highest BCUT2D eigenvalue weighted by atomic mass is 35.5. The van der Waals surface area contributed by atoms with Crippen molar-refractivity contribution in [2.75, 3.05) is 5.32 Å². The average molecular weight is 419 g/mol. The number of hydrogen-bond donors (Lipinski definition) is 2. The maximum Gasteiger partial charge on any atom is 0.251 e. The molecular weight excluding hydrogens is 388 g/mol. The van der Waals surface area contributed by atoms with Gasteiger partial charge >= 0.3 is 0 Å². The number of aryl methyl sites for hydroxylation is 1. The third kappa shape index (κ3) is 6.32. The summed E-state index contributed by atoms with van der Waals surface area (Å²) in [6.07, 6.45) is 0.917. The minimum atomic E-state index is -0.198. The van der Waals surface area contributed by atoms with Crippen LogP contribution in [-0.2, 0) is 17.8 Å². The molecule has 2 rings (SSSR count). The monoisotopic (exact) mass is 418 g/mol. The second kappa shape index (κ2) is 9.92. The summed E-state index contributed by atoms with van der Waals surface area (Å²) in [6.45, 7) is 13.0. The third-order valence-electron chi connectivity index (χ3n) is 4.59. The first-order chi connectivity index (χ1) is 13.6. The number of aromatic nitrogens is 2. The zero-order chi connectivity index (χ0) is 21.7. The van der Waals surface area contributed by atoms with Gasteiger partial charge in [-0.3, -0.25) is 14.3 Å². The van der Waals surface area contributed by atoms with Crippen LogP contribution in [0.2, 0.25) is 5.02 Å². The summed E-state index contributed by atoms with van der Waals surface area (Å²) in [4.78, 5) is 24.7. The van der Waals surface area contributed by atoms with Crippen molar-refractivity contribution in [3.05, 3.63) is 45.7 Å². The van der Waals surface area contributed by atoms with E-state index < -0.39 is 0 Å². The smallest absolute Gasteiger partial charge is 0.251 e. The molecule has 0 saturated carbocycles. The highest BCUT2D eigenvalue weighted by Gasteiger charge is 2.15. The average Bonchev–Trinajstić information content (AvgIpc) is 2.87. The van der Waals surface area contributed by atoms with Crippen LogP contribution in [0.25, 0.3) is 0 Å². The number of halogens is 1. The van der Waals surface area contributed by atoms with Gasteiger partial charge in [-0.15, -0.1) is 0 Å². The van der Waals surface area contributed by atoms with Crippen molar-refractivity contribution in [2.24, 2.45) is 5.92 Å². The van der Waals surface area contributed by atoms with Crippen molar-refractivity contribution < 1.29 is 9.59 Å². The Kier molecular flexibility index (Phi) is 7.85. The maximum absolute atomic E-state index is 12.5. The third-order valence-corrected chi connectivity index (χ3v) is 4.92. The Morgan fingerprint density at radius 3 is 2.48 bits per heavy atom. The Balaban J connectivity index is 2.05. The molecule has 2 aromatic rings. The standard InChI is InChI=1S/C22H31ClN4O2/c1-13(2)12-27-16(6)18(15(5)26-27)8-10-21(28)25-20-11-17(7-9-19(20)23)22(29)24-14(3)4/h7,9,11,13-14H,8,10,12H2,1-6H3,(H,24,29)(H,25,28). The number of carbonyl (C=O) groups is 2. The van der Waals surface area contributed by atoms with Gasteiger partial charge in [-0.05, 0) is 63.8 Å². The van der Waals surface area contributed by atoms with Crippen molar-refractivity contribution in [3.63, 3.8) is 0 Å². The molecule has 158 valence electrons. The van der Waals surface area contributed by atoms with Crippen LogP contribution in [0.4, 0.5) is 5.69 Å². The lowest BCUT2D eigenvalue weighted by Gasteiger charge is -2.12. The molecule has 2 N–H and O–H groups in total. The van der Waals surface area contributed by atoms with Crippen LogP contribution in [0, 0.1) is 19.8 Å². The molecule has 7 heteroatoms. The zero-order valence-corrected chi connectivity index (χ0v) is 18.9. The summed E-state index contributed by atoms with van der Waals surface area (Å²) in [5, 5.41) is 10.7. The molecular formula is C22H31ClN4O2. The Bertz CT molecular complexity index is 887. The zero-order valence-electron chi connectivity index (χ0n) is 18.1. The molecule has 0 bridgehead atoms. The van der Waals surface area contributed by atoms with E-state index in [-0.39, 0.29) is 17.9 Å². The van der Waals surface area contributed by atoms with Crippen LogP contribution in [0.1, 0.15) is 61.4 Å². The van der Waals surface area contributed by atoms with Gasteiger partial charge in [0.05, 0.1) is 16.4 Å². The molecule has 0 atom stereocenters. The van der Waals surface area contributed by atoms with E-state index in [0.717, 1.165) is 23.5 Å². The van der Waals surface area contributed by atoms with E-state index in [1.807, 2.05) is 32.4 Å². The van der Waals surface area contributed by atoms with Crippen molar-refractivity contribution in [3.8, 4) is 0 Å². The number of carbonyl (C=O) groups excluding carboxylic acids is 2. The topological polar surface area (TPSA) is 76.0 Å². The van der Waals surface area contributed by atoms with Gasteiger partial charge in [0.1, 0.15) is 0 Å². The Morgan fingerprint density at radius 2 is 1.86 bits per heavy atom. The van der Waals surface area contributed by atoms with Crippen LogP contribution in [-0.4, -0.2) is 27.6 Å². The Morgan fingerprint density at radius 1 is 1.17 bits per heavy atom.